The van der Waals surface area contributed by atoms with Crippen molar-refractivity contribution in [2.24, 2.45) is 0 Å². The number of ether oxygens (including phenoxy) is 1. The minimum atomic E-state index is -0.240. The van der Waals surface area contributed by atoms with Crippen molar-refractivity contribution in [1.29, 1.82) is 0 Å². The predicted molar refractivity (Wildman–Crippen MR) is 83.2 cm³/mol. The van der Waals surface area contributed by atoms with Crippen LogP contribution in [0.15, 0.2) is 42.5 Å². The maximum atomic E-state index is 12.3. The van der Waals surface area contributed by atoms with Crippen LogP contribution in [0.4, 0.5) is 11.4 Å². The first kappa shape index (κ1) is 14.7. The number of benzene rings is 2. The van der Waals surface area contributed by atoms with E-state index in [-0.39, 0.29) is 11.7 Å². The number of para-hydroxylation sites is 1. The molecule has 0 spiro atoms. The van der Waals surface area contributed by atoms with Gasteiger partial charge in [0, 0.05) is 24.0 Å². The summed E-state index contributed by atoms with van der Waals surface area (Å²) >= 11 is 0. The summed E-state index contributed by atoms with van der Waals surface area (Å²) in [6, 6.07) is 12.0. The lowest BCUT2D eigenvalue weighted by molar-refractivity contribution is 0.102. The molecule has 0 atom stereocenters. The largest absolute Gasteiger partial charge is 0.504 e. The molecule has 1 amide bonds. The Morgan fingerprint density at radius 2 is 2.00 bits per heavy atom. The molecule has 0 heterocycles. The highest BCUT2D eigenvalue weighted by atomic mass is 16.5. The Bertz CT molecular complexity index is 641. The van der Waals surface area contributed by atoms with Gasteiger partial charge >= 0.3 is 0 Å². The fourth-order valence-electron chi connectivity index (χ4n) is 1.99. The van der Waals surface area contributed by atoms with Crippen LogP contribution in [0.5, 0.6) is 11.5 Å². The molecular formula is C16H18N2O3. The SMILES string of the molecule is CCNc1ccccc1C(=O)Nc1ccc(OC)c(O)c1. The second-order valence-corrected chi connectivity index (χ2v) is 4.42. The average Bonchev–Trinajstić information content (AvgIpc) is 2.48. The van der Waals surface area contributed by atoms with Crippen LogP contribution < -0.4 is 15.4 Å². The van der Waals surface area contributed by atoms with Crippen molar-refractivity contribution in [2.75, 3.05) is 24.3 Å². The van der Waals surface area contributed by atoms with Crippen molar-refractivity contribution >= 4 is 17.3 Å². The lowest BCUT2D eigenvalue weighted by Gasteiger charge is -2.11. The summed E-state index contributed by atoms with van der Waals surface area (Å²) in [7, 11) is 1.47. The molecule has 5 nitrogen and oxygen atoms in total. The molecule has 2 aromatic rings. The summed E-state index contributed by atoms with van der Waals surface area (Å²) in [6.45, 7) is 2.70. The molecule has 0 saturated heterocycles. The quantitative estimate of drug-likeness (QED) is 0.790. The molecule has 0 bridgehead atoms. The first-order valence-corrected chi connectivity index (χ1v) is 6.67. The fourth-order valence-corrected chi connectivity index (χ4v) is 1.99. The lowest BCUT2D eigenvalue weighted by Crippen LogP contribution is -2.14. The number of phenolic OH excluding ortho intramolecular Hbond substituents is 1. The average molecular weight is 286 g/mol. The molecule has 2 rings (SSSR count). The molecule has 0 aromatic heterocycles. The second-order valence-electron chi connectivity index (χ2n) is 4.42. The predicted octanol–water partition coefficient (Wildman–Crippen LogP) is 3.08. The van der Waals surface area contributed by atoms with Gasteiger partial charge in [-0.1, -0.05) is 12.1 Å². The highest BCUT2D eigenvalue weighted by Gasteiger charge is 2.11. The van der Waals surface area contributed by atoms with Crippen molar-refractivity contribution < 1.29 is 14.6 Å². The Morgan fingerprint density at radius 3 is 2.67 bits per heavy atom. The van der Waals surface area contributed by atoms with Crippen LogP contribution in [0.25, 0.3) is 0 Å². The smallest absolute Gasteiger partial charge is 0.257 e. The number of phenols is 1. The van der Waals surface area contributed by atoms with Gasteiger partial charge in [0.25, 0.3) is 5.91 Å². The molecule has 0 unspecified atom stereocenters. The van der Waals surface area contributed by atoms with Gasteiger partial charge in [0.2, 0.25) is 0 Å². The van der Waals surface area contributed by atoms with Gasteiger partial charge in [-0.15, -0.1) is 0 Å². The molecule has 2 aromatic carbocycles. The van der Waals surface area contributed by atoms with Gasteiger partial charge in [-0.3, -0.25) is 4.79 Å². The van der Waals surface area contributed by atoms with Crippen LogP contribution in [-0.2, 0) is 0 Å². The van der Waals surface area contributed by atoms with E-state index in [0.717, 1.165) is 12.2 Å². The topological polar surface area (TPSA) is 70.6 Å². The first-order chi connectivity index (χ1) is 10.2. The zero-order valence-corrected chi connectivity index (χ0v) is 12.0. The van der Waals surface area contributed by atoms with Crippen LogP contribution in [-0.4, -0.2) is 24.7 Å². The number of amides is 1. The van der Waals surface area contributed by atoms with Crippen molar-refractivity contribution in [3.8, 4) is 11.5 Å². The van der Waals surface area contributed by atoms with Gasteiger partial charge in [-0.25, -0.2) is 0 Å². The van der Waals surface area contributed by atoms with Crippen LogP contribution in [0.2, 0.25) is 0 Å². The molecule has 5 heteroatoms. The summed E-state index contributed by atoms with van der Waals surface area (Å²) in [6.07, 6.45) is 0. The lowest BCUT2D eigenvalue weighted by atomic mass is 10.1. The normalized spacial score (nSPS) is 10.0. The third-order valence-electron chi connectivity index (χ3n) is 2.98. The molecule has 21 heavy (non-hydrogen) atoms. The number of rotatable bonds is 5. The van der Waals surface area contributed by atoms with Crippen LogP contribution >= 0.6 is 0 Å². The zero-order valence-electron chi connectivity index (χ0n) is 12.0. The third-order valence-corrected chi connectivity index (χ3v) is 2.98. The highest BCUT2D eigenvalue weighted by Crippen LogP contribution is 2.29. The van der Waals surface area contributed by atoms with E-state index >= 15 is 0 Å². The molecule has 110 valence electrons. The fraction of sp³-hybridized carbons (Fsp3) is 0.188. The summed E-state index contributed by atoms with van der Waals surface area (Å²) in [5.41, 5.74) is 1.83. The van der Waals surface area contributed by atoms with E-state index in [1.165, 1.54) is 13.2 Å². The molecule has 0 aliphatic rings. The standard InChI is InChI=1S/C16H18N2O3/c1-3-17-13-7-5-4-6-12(13)16(20)18-11-8-9-15(21-2)14(19)10-11/h4-10,17,19H,3H2,1-2H3,(H,18,20). The Kier molecular flexibility index (Phi) is 4.66. The van der Waals surface area contributed by atoms with E-state index in [2.05, 4.69) is 10.6 Å². The third kappa shape index (κ3) is 3.45. The Hall–Kier alpha value is -2.69. The first-order valence-electron chi connectivity index (χ1n) is 6.67. The number of carbonyl (C=O) groups excluding carboxylic acids is 1. The minimum Gasteiger partial charge on any atom is -0.504 e. The maximum Gasteiger partial charge on any atom is 0.257 e. The van der Waals surface area contributed by atoms with Crippen molar-refractivity contribution in [3.05, 3.63) is 48.0 Å². The minimum absolute atomic E-state index is 0.0183. The van der Waals surface area contributed by atoms with Gasteiger partial charge in [0.1, 0.15) is 0 Å². The molecule has 3 N–H and O–H groups in total. The molecule has 0 fully saturated rings. The van der Waals surface area contributed by atoms with Crippen LogP contribution in [0, 0.1) is 0 Å². The van der Waals surface area contributed by atoms with Gasteiger partial charge < -0.3 is 20.5 Å². The zero-order chi connectivity index (χ0) is 15.2. The van der Waals surface area contributed by atoms with E-state index in [1.807, 2.05) is 19.1 Å². The van der Waals surface area contributed by atoms with Gasteiger partial charge in [-0.05, 0) is 31.2 Å². The number of methoxy groups -OCH3 is 1. The summed E-state index contributed by atoms with van der Waals surface area (Å²) in [4.78, 5) is 12.3. The summed E-state index contributed by atoms with van der Waals surface area (Å²) in [5, 5.41) is 15.6. The molecule has 0 aliphatic carbocycles. The second kappa shape index (κ2) is 6.65. The number of carbonyl (C=O) groups is 1. The Balaban J connectivity index is 2.20. The van der Waals surface area contributed by atoms with Gasteiger partial charge in [-0.2, -0.15) is 0 Å². The molecule has 0 radical (unpaired) electrons. The monoisotopic (exact) mass is 286 g/mol. The van der Waals surface area contributed by atoms with Crippen molar-refractivity contribution in [1.82, 2.24) is 0 Å². The van der Waals surface area contributed by atoms with E-state index in [4.69, 9.17) is 4.74 Å². The summed E-state index contributed by atoms with van der Waals surface area (Å²) in [5.74, 6) is 0.104. The van der Waals surface area contributed by atoms with Crippen LogP contribution in [0.1, 0.15) is 17.3 Å². The number of anilines is 2. The number of aromatic hydroxyl groups is 1. The number of hydrogen-bond donors (Lipinski definition) is 3. The Labute approximate surface area is 123 Å². The van der Waals surface area contributed by atoms with E-state index in [0.29, 0.717) is 17.0 Å². The molecular weight excluding hydrogens is 268 g/mol. The van der Waals surface area contributed by atoms with Crippen molar-refractivity contribution in [2.45, 2.75) is 6.92 Å². The highest BCUT2D eigenvalue weighted by molar-refractivity contribution is 6.08. The summed E-state index contributed by atoms with van der Waals surface area (Å²) < 4.78 is 4.97. The van der Waals surface area contributed by atoms with E-state index in [1.54, 1.807) is 24.3 Å². The van der Waals surface area contributed by atoms with E-state index in [9.17, 15) is 9.90 Å². The van der Waals surface area contributed by atoms with E-state index < -0.39 is 0 Å². The maximum absolute atomic E-state index is 12.3. The molecule has 0 aliphatic heterocycles. The van der Waals surface area contributed by atoms with Gasteiger partial charge in [0.15, 0.2) is 11.5 Å². The Morgan fingerprint density at radius 1 is 1.24 bits per heavy atom. The van der Waals surface area contributed by atoms with Crippen molar-refractivity contribution in [3.63, 3.8) is 0 Å². The van der Waals surface area contributed by atoms with Crippen LogP contribution in [0.3, 0.4) is 0 Å². The van der Waals surface area contributed by atoms with Gasteiger partial charge in [0.05, 0.1) is 12.7 Å². The number of nitrogens with one attached hydrogen (secondary N) is 2. The number of hydrogen-bond acceptors (Lipinski definition) is 4. The molecule has 0 saturated carbocycles.